The molecule has 5 nitrogen and oxygen atoms in total. The van der Waals surface area contributed by atoms with E-state index in [1.807, 2.05) is 12.1 Å². The number of fused-ring (bicyclic) bond motifs is 1. The third-order valence-electron chi connectivity index (χ3n) is 3.94. The van der Waals surface area contributed by atoms with Crippen molar-refractivity contribution in [3.63, 3.8) is 0 Å². The fourth-order valence-corrected chi connectivity index (χ4v) is 2.88. The van der Waals surface area contributed by atoms with Gasteiger partial charge in [0, 0.05) is 5.56 Å². The Morgan fingerprint density at radius 1 is 1.45 bits per heavy atom. The van der Waals surface area contributed by atoms with Crippen LogP contribution in [-0.4, -0.2) is 22.7 Å². The van der Waals surface area contributed by atoms with Crippen LogP contribution < -0.4 is 0 Å². The lowest BCUT2D eigenvalue weighted by molar-refractivity contribution is 0.0594. The van der Waals surface area contributed by atoms with Crippen LogP contribution >= 0.6 is 11.6 Å². The SMILES string of the molecule is COC(=O)c1nn2c(-c3ccoc3)cc(C3CC3)cc2c1Cl. The lowest BCUT2D eigenvalue weighted by Gasteiger charge is -2.06. The Morgan fingerprint density at radius 2 is 2.27 bits per heavy atom. The Balaban J connectivity index is 2.01. The van der Waals surface area contributed by atoms with Gasteiger partial charge in [-0.05, 0) is 42.5 Å². The van der Waals surface area contributed by atoms with Crippen LogP contribution in [0.25, 0.3) is 16.8 Å². The van der Waals surface area contributed by atoms with Crippen molar-refractivity contribution in [2.75, 3.05) is 7.11 Å². The Morgan fingerprint density at radius 3 is 2.91 bits per heavy atom. The summed E-state index contributed by atoms with van der Waals surface area (Å²) in [4.78, 5) is 11.8. The highest BCUT2D eigenvalue weighted by molar-refractivity contribution is 6.36. The maximum Gasteiger partial charge on any atom is 0.360 e. The van der Waals surface area contributed by atoms with Crippen molar-refractivity contribution in [1.29, 1.82) is 0 Å². The van der Waals surface area contributed by atoms with Gasteiger partial charge in [-0.3, -0.25) is 0 Å². The highest BCUT2D eigenvalue weighted by Crippen LogP contribution is 2.42. The molecule has 0 unspecified atom stereocenters. The quantitative estimate of drug-likeness (QED) is 0.687. The van der Waals surface area contributed by atoms with E-state index < -0.39 is 5.97 Å². The summed E-state index contributed by atoms with van der Waals surface area (Å²) in [5.74, 6) is 0.0167. The molecule has 6 heteroatoms. The number of carbonyl (C=O) groups excluding carboxylic acids is 1. The van der Waals surface area contributed by atoms with E-state index in [9.17, 15) is 4.79 Å². The van der Waals surface area contributed by atoms with Crippen molar-refractivity contribution in [2.45, 2.75) is 18.8 Å². The van der Waals surface area contributed by atoms with Crippen molar-refractivity contribution < 1.29 is 13.9 Å². The normalized spacial score (nSPS) is 14.5. The van der Waals surface area contributed by atoms with E-state index >= 15 is 0 Å². The van der Waals surface area contributed by atoms with Crippen molar-refractivity contribution in [3.8, 4) is 11.3 Å². The first-order valence-corrected chi connectivity index (χ1v) is 7.40. The molecular weight excluding hydrogens is 304 g/mol. The van der Waals surface area contributed by atoms with Crippen LogP contribution in [0.4, 0.5) is 0 Å². The number of hydrogen-bond acceptors (Lipinski definition) is 4. The summed E-state index contributed by atoms with van der Waals surface area (Å²) in [6, 6.07) is 5.95. The van der Waals surface area contributed by atoms with Crippen LogP contribution in [0, 0.1) is 0 Å². The van der Waals surface area contributed by atoms with Crippen LogP contribution in [0.1, 0.15) is 34.8 Å². The van der Waals surface area contributed by atoms with Gasteiger partial charge in [-0.1, -0.05) is 11.6 Å². The van der Waals surface area contributed by atoms with Crippen molar-refractivity contribution >= 4 is 23.1 Å². The molecule has 0 aromatic carbocycles. The summed E-state index contributed by atoms with van der Waals surface area (Å²) < 4.78 is 11.6. The van der Waals surface area contributed by atoms with Gasteiger partial charge in [-0.25, -0.2) is 9.31 Å². The number of ether oxygens (including phenoxy) is 1. The second kappa shape index (κ2) is 4.88. The van der Waals surface area contributed by atoms with E-state index in [-0.39, 0.29) is 5.69 Å². The second-order valence-corrected chi connectivity index (χ2v) is 5.79. The highest BCUT2D eigenvalue weighted by Gasteiger charge is 2.27. The van der Waals surface area contributed by atoms with Crippen LogP contribution in [0.15, 0.2) is 35.1 Å². The average molecular weight is 317 g/mol. The van der Waals surface area contributed by atoms with Crippen molar-refractivity contribution in [3.05, 3.63) is 47.0 Å². The highest BCUT2D eigenvalue weighted by atomic mass is 35.5. The number of esters is 1. The molecule has 3 aromatic heterocycles. The number of pyridine rings is 1. The van der Waals surface area contributed by atoms with Gasteiger partial charge in [0.1, 0.15) is 5.02 Å². The largest absolute Gasteiger partial charge is 0.472 e. The molecule has 0 amide bonds. The molecule has 0 aliphatic heterocycles. The molecule has 1 aliphatic carbocycles. The zero-order chi connectivity index (χ0) is 15.3. The number of halogens is 1. The molecule has 0 spiro atoms. The summed E-state index contributed by atoms with van der Waals surface area (Å²) in [5, 5.41) is 4.65. The fraction of sp³-hybridized carbons (Fsp3) is 0.250. The number of furan rings is 1. The molecule has 1 aliphatic rings. The first-order chi connectivity index (χ1) is 10.7. The summed E-state index contributed by atoms with van der Waals surface area (Å²) in [5.41, 5.74) is 3.79. The topological polar surface area (TPSA) is 56.7 Å². The molecule has 1 saturated carbocycles. The van der Waals surface area contributed by atoms with Crippen molar-refractivity contribution in [2.24, 2.45) is 0 Å². The van der Waals surface area contributed by atoms with Gasteiger partial charge in [0.2, 0.25) is 0 Å². The van der Waals surface area contributed by atoms with E-state index in [0.29, 0.717) is 16.5 Å². The molecular formula is C16H13ClN2O3. The lowest BCUT2D eigenvalue weighted by Crippen LogP contribution is -2.03. The van der Waals surface area contributed by atoms with Crippen LogP contribution in [-0.2, 0) is 4.74 Å². The number of hydrogen-bond donors (Lipinski definition) is 0. The maximum atomic E-state index is 11.8. The molecule has 3 heterocycles. The molecule has 0 saturated heterocycles. The van der Waals surface area contributed by atoms with Gasteiger partial charge in [0.15, 0.2) is 5.69 Å². The first-order valence-electron chi connectivity index (χ1n) is 7.02. The predicted molar refractivity (Wildman–Crippen MR) is 81.2 cm³/mol. The van der Waals surface area contributed by atoms with E-state index in [1.54, 1.807) is 17.0 Å². The van der Waals surface area contributed by atoms with Gasteiger partial charge in [-0.15, -0.1) is 0 Å². The fourth-order valence-electron chi connectivity index (χ4n) is 2.63. The number of carbonyl (C=O) groups is 1. The second-order valence-electron chi connectivity index (χ2n) is 5.41. The molecule has 1 fully saturated rings. The minimum Gasteiger partial charge on any atom is -0.472 e. The third kappa shape index (κ3) is 2.01. The average Bonchev–Trinajstić information content (AvgIpc) is 3.14. The van der Waals surface area contributed by atoms with E-state index in [2.05, 4.69) is 11.2 Å². The van der Waals surface area contributed by atoms with E-state index in [1.165, 1.54) is 25.5 Å². The summed E-state index contributed by atoms with van der Waals surface area (Å²) in [6.07, 6.45) is 5.61. The predicted octanol–water partition coefficient (Wildman–Crippen LogP) is 3.91. The number of nitrogens with zero attached hydrogens (tertiary/aromatic N) is 2. The van der Waals surface area contributed by atoms with Gasteiger partial charge < -0.3 is 9.15 Å². The zero-order valence-electron chi connectivity index (χ0n) is 11.9. The monoisotopic (exact) mass is 316 g/mol. The molecule has 0 N–H and O–H groups in total. The van der Waals surface area contributed by atoms with Gasteiger partial charge in [0.25, 0.3) is 0 Å². The van der Waals surface area contributed by atoms with Crippen LogP contribution in [0.3, 0.4) is 0 Å². The van der Waals surface area contributed by atoms with Gasteiger partial charge in [-0.2, -0.15) is 5.10 Å². The summed E-state index contributed by atoms with van der Waals surface area (Å²) >= 11 is 6.35. The Labute approximate surface area is 131 Å². The first kappa shape index (κ1) is 13.4. The Hall–Kier alpha value is -2.27. The van der Waals surface area contributed by atoms with E-state index in [4.69, 9.17) is 20.8 Å². The number of rotatable bonds is 3. The number of methoxy groups -OCH3 is 1. The zero-order valence-corrected chi connectivity index (χ0v) is 12.6. The molecule has 4 rings (SSSR count). The van der Waals surface area contributed by atoms with Gasteiger partial charge in [0.05, 0.1) is 30.8 Å². The minimum atomic E-state index is -0.542. The summed E-state index contributed by atoms with van der Waals surface area (Å²) in [6.45, 7) is 0. The van der Waals surface area contributed by atoms with Gasteiger partial charge >= 0.3 is 5.97 Å². The maximum absolute atomic E-state index is 11.8. The Bertz CT molecular complexity index is 863. The molecule has 0 radical (unpaired) electrons. The van der Waals surface area contributed by atoms with E-state index in [0.717, 1.165) is 11.3 Å². The molecule has 0 atom stereocenters. The van der Waals surface area contributed by atoms with Crippen molar-refractivity contribution in [1.82, 2.24) is 9.61 Å². The molecule has 0 bridgehead atoms. The standard InChI is InChI=1S/C16H13ClN2O3/c1-21-16(20)15-14(17)13-7-11(9-2-3-9)6-12(19(13)18-15)10-4-5-22-8-10/h4-9H,2-3H2,1H3. The minimum absolute atomic E-state index is 0.127. The third-order valence-corrected chi connectivity index (χ3v) is 4.31. The summed E-state index contributed by atoms with van der Waals surface area (Å²) in [7, 11) is 1.31. The van der Waals surface area contributed by atoms with Crippen LogP contribution in [0.5, 0.6) is 0 Å². The molecule has 3 aromatic rings. The lowest BCUT2D eigenvalue weighted by atomic mass is 10.1. The van der Waals surface area contributed by atoms with Crippen LogP contribution in [0.2, 0.25) is 5.02 Å². The molecule has 112 valence electrons. The smallest absolute Gasteiger partial charge is 0.360 e. The Kier molecular flexibility index (Phi) is 2.97. The number of aromatic nitrogens is 2. The molecule has 22 heavy (non-hydrogen) atoms.